The van der Waals surface area contributed by atoms with Gasteiger partial charge in [0, 0.05) is 0 Å². The highest BCUT2D eigenvalue weighted by atomic mass is 14.5. The Labute approximate surface area is 209 Å². The maximum Gasteiger partial charge on any atom is 0.0710 e. The SMILES string of the molecule is C1=CCC=C(C2(c3ccccc3)c3ccccc3-c3cc4c(cc32)-c2ccccc2C4)C=C1.CC. The van der Waals surface area contributed by atoms with Crippen LogP contribution in [0.25, 0.3) is 22.3 Å². The molecule has 4 aromatic carbocycles. The van der Waals surface area contributed by atoms with Crippen LogP contribution in [-0.2, 0) is 11.8 Å². The lowest BCUT2D eigenvalue weighted by Gasteiger charge is -2.35. The summed E-state index contributed by atoms with van der Waals surface area (Å²) in [5.74, 6) is 0. The van der Waals surface area contributed by atoms with E-state index in [1.165, 1.54) is 55.6 Å². The predicted molar refractivity (Wildman–Crippen MR) is 149 cm³/mol. The molecule has 0 nitrogen and oxygen atoms in total. The molecule has 1 unspecified atom stereocenters. The number of allylic oxidation sites excluding steroid dienone is 6. The Balaban J connectivity index is 0.00000112. The fourth-order valence-electron chi connectivity index (χ4n) is 6.24. The quantitative estimate of drug-likeness (QED) is 0.252. The van der Waals surface area contributed by atoms with E-state index in [0.29, 0.717) is 0 Å². The molecule has 0 saturated heterocycles. The van der Waals surface area contributed by atoms with Gasteiger partial charge in [-0.25, -0.2) is 0 Å². The maximum atomic E-state index is 2.51. The van der Waals surface area contributed by atoms with Gasteiger partial charge in [-0.1, -0.05) is 123 Å². The van der Waals surface area contributed by atoms with Crippen molar-refractivity contribution in [3.63, 3.8) is 0 Å². The van der Waals surface area contributed by atoms with E-state index in [-0.39, 0.29) is 5.41 Å². The summed E-state index contributed by atoms with van der Waals surface area (Å²) in [5, 5.41) is 0. The lowest BCUT2D eigenvalue weighted by molar-refractivity contribution is 0.764. The molecule has 0 bridgehead atoms. The molecular weight excluding hydrogens is 420 g/mol. The molecule has 7 rings (SSSR count). The first-order chi connectivity index (χ1) is 17.4. The fraction of sp³-hybridized carbons (Fsp3) is 0.143. The predicted octanol–water partition coefficient (Wildman–Crippen LogP) is 9.04. The molecule has 0 spiro atoms. The molecule has 0 N–H and O–H groups in total. The van der Waals surface area contributed by atoms with Crippen molar-refractivity contribution in [1.29, 1.82) is 0 Å². The molecule has 0 amide bonds. The minimum absolute atomic E-state index is 0.317. The second-order valence-electron chi connectivity index (χ2n) is 9.23. The van der Waals surface area contributed by atoms with E-state index in [4.69, 9.17) is 0 Å². The maximum absolute atomic E-state index is 2.51. The first-order valence-corrected chi connectivity index (χ1v) is 12.8. The Morgan fingerprint density at radius 3 is 2.20 bits per heavy atom. The van der Waals surface area contributed by atoms with Gasteiger partial charge in [0.25, 0.3) is 0 Å². The Bertz CT molecular complexity index is 1500. The van der Waals surface area contributed by atoms with Crippen molar-refractivity contribution in [3.8, 4) is 22.3 Å². The molecule has 35 heavy (non-hydrogen) atoms. The van der Waals surface area contributed by atoms with Crippen LogP contribution in [0.3, 0.4) is 0 Å². The third kappa shape index (κ3) is 3.13. The highest BCUT2D eigenvalue weighted by Crippen LogP contribution is 2.58. The fourth-order valence-corrected chi connectivity index (χ4v) is 6.24. The molecule has 0 heterocycles. The highest BCUT2D eigenvalue weighted by Gasteiger charge is 2.47. The minimum atomic E-state index is -0.317. The van der Waals surface area contributed by atoms with Crippen LogP contribution in [0.15, 0.2) is 127 Å². The van der Waals surface area contributed by atoms with Crippen LogP contribution in [-0.4, -0.2) is 0 Å². The zero-order valence-electron chi connectivity index (χ0n) is 20.5. The van der Waals surface area contributed by atoms with Crippen LogP contribution in [0, 0.1) is 0 Å². The first kappa shape index (κ1) is 21.6. The van der Waals surface area contributed by atoms with Crippen LogP contribution in [0.5, 0.6) is 0 Å². The van der Waals surface area contributed by atoms with Gasteiger partial charge in [0.2, 0.25) is 0 Å². The first-order valence-electron chi connectivity index (χ1n) is 12.8. The standard InChI is InChI=1S/C33H24.C2H6/c1-2-5-14-25(13-4-1)33(26-15-6-3-7-16-26)31-19-11-10-18-28(31)30-21-24-20-23-12-8-9-17-27(23)29(24)22-32(30)33;1-2/h1-4,6-19,21-22H,5,20H2;1-2H3. The molecule has 0 aliphatic heterocycles. The van der Waals surface area contributed by atoms with Crippen LogP contribution in [0.1, 0.15) is 48.1 Å². The Morgan fingerprint density at radius 2 is 1.34 bits per heavy atom. The molecular formula is C35H30. The largest absolute Gasteiger partial charge is 0.0807 e. The normalized spacial score (nSPS) is 18.4. The zero-order valence-corrected chi connectivity index (χ0v) is 20.5. The van der Waals surface area contributed by atoms with Crippen molar-refractivity contribution in [2.24, 2.45) is 0 Å². The highest BCUT2D eigenvalue weighted by molar-refractivity contribution is 5.91. The van der Waals surface area contributed by atoms with Crippen LogP contribution >= 0.6 is 0 Å². The summed E-state index contributed by atoms with van der Waals surface area (Å²) in [4.78, 5) is 0. The van der Waals surface area contributed by atoms with Crippen LogP contribution < -0.4 is 0 Å². The van der Waals surface area contributed by atoms with Gasteiger partial charge in [-0.3, -0.25) is 0 Å². The Morgan fingerprint density at radius 1 is 0.600 bits per heavy atom. The lowest BCUT2D eigenvalue weighted by Crippen LogP contribution is -2.29. The second-order valence-corrected chi connectivity index (χ2v) is 9.23. The van der Waals surface area contributed by atoms with E-state index in [0.717, 1.165) is 12.8 Å². The van der Waals surface area contributed by atoms with Crippen LogP contribution in [0.2, 0.25) is 0 Å². The average molecular weight is 451 g/mol. The van der Waals surface area contributed by atoms with E-state index < -0.39 is 0 Å². The number of benzene rings is 4. The Hall–Kier alpha value is -3.90. The smallest absolute Gasteiger partial charge is 0.0710 e. The summed E-state index contributed by atoms with van der Waals surface area (Å²) < 4.78 is 0. The van der Waals surface area contributed by atoms with Gasteiger partial charge in [0.15, 0.2) is 0 Å². The monoisotopic (exact) mass is 450 g/mol. The van der Waals surface area contributed by atoms with Gasteiger partial charge in [-0.15, -0.1) is 0 Å². The van der Waals surface area contributed by atoms with Gasteiger partial charge in [-0.05, 0) is 80.6 Å². The van der Waals surface area contributed by atoms with E-state index in [1.54, 1.807) is 0 Å². The van der Waals surface area contributed by atoms with E-state index >= 15 is 0 Å². The van der Waals surface area contributed by atoms with E-state index in [1.807, 2.05) is 13.8 Å². The Kier molecular flexibility index (Phi) is 5.38. The number of hydrogen-bond acceptors (Lipinski definition) is 0. The van der Waals surface area contributed by atoms with Gasteiger partial charge in [-0.2, -0.15) is 0 Å². The molecule has 0 radical (unpaired) electrons. The average Bonchev–Trinajstić information content (AvgIpc) is 3.27. The van der Waals surface area contributed by atoms with Crippen molar-refractivity contribution in [3.05, 3.63) is 155 Å². The number of fused-ring (bicyclic) bond motifs is 6. The van der Waals surface area contributed by atoms with Gasteiger partial charge in [0.1, 0.15) is 0 Å². The molecule has 4 aromatic rings. The van der Waals surface area contributed by atoms with E-state index in [9.17, 15) is 0 Å². The summed E-state index contributed by atoms with van der Waals surface area (Å²) >= 11 is 0. The number of rotatable bonds is 2. The van der Waals surface area contributed by atoms with Crippen molar-refractivity contribution in [1.82, 2.24) is 0 Å². The molecule has 0 fully saturated rings. The molecule has 0 heteroatoms. The van der Waals surface area contributed by atoms with Gasteiger partial charge in [0.05, 0.1) is 5.41 Å². The third-order valence-corrected chi connectivity index (χ3v) is 7.59. The van der Waals surface area contributed by atoms with Gasteiger partial charge >= 0.3 is 0 Å². The summed E-state index contributed by atoms with van der Waals surface area (Å²) in [7, 11) is 0. The summed E-state index contributed by atoms with van der Waals surface area (Å²) in [5.41, 5.74) is 13.6. The summed E-state index contributed by atoms with van der Waals surface area (Å²) in [6.07, 6.45) is 13.3. The molecule has 1 atom stereocenters. The third-order valence-electron chi connectivity index (χ3n) is 7.59. The molecule has 3 aliphatic rings. The van der Waals surface area contributed by atoms with Gasteiger partial charge < -0.3 is 0 Å². The molecule has 3 aliphatic carbocycles. The summed E-state index contributed by atoms with van der Waals surface area (Å²) in [6.45, 7) is 4.00. The molecule has 170 valence electrons. The number of hydrogen-bond donors (Lipinski definition) is 0. The lowest BCUT2D eigenvalue weighted by atomic mass is 9.66. The summed E-state index contributed by atoms with van der Waals surface area (Å²) in [6, 6.07) is 34.0. The second kappa shape index (κ2) is 8.71. The van der Waals surface area contributed by atoms with Crippen LogP contribution in [0.4, 0.5) is 0 Å². The molecule has 0 saturated carbocycles. The molecule has 0 aromatic heterocycles. The van der Waals surface area contributed by atoms with Crippen molar-refractivity contribution < 1.29 is 0 Å². The van der Waals surface area contributed by atoms with Crippen molar-refractivity contribution in [2.75, 3.05) is 0 Å². The van der Waals surface area contributed by atoms with Crippen molar-refractivity contribution in [2.45, 2.75) is 32.1 Å². The topological polar surface area (TPSA) is 0 Å². The minimum Gasteiger partial charge on any atom is -0.0807 e. The van der Waals surface area contributed by atoms with E-state index in [2.05, 4.69) is 121 Å². The van der Waals surface area contributed by atoms with Crippen molar-refractivity contribution >= 4 is 0 Å². The zero-order chi connectivity index (χ0) is 23.8.